The summed E-state index contributed by atoms with van der Waals surface area (Å²) in [6.07, 6.45) is 2.09. The van der Waals surface area contributed by atoms with E-state index in [0.717, 1.165) is 22.3 Å². The first-order valence-electron chi connectivity index (χ1n) is 9.39. The van der Waals surface area contributed by atoms with E-state index in [4.69, 9.17) is 11.6 Å². The van der Waals surface area contributed by atoms with Gasteiger partial charge in [0.1, 0.15) is 5.67 Å². The summed E-state index contributed by atoms with van der Waals surface area (Å²) in [5.41, 5.74) is 3.12. The number of hydrogen-bond donors (Lipinski definition) is 0. The predicted molar refractivity (Wildman–Crippen MR) is 120 cm³/mol. The van der Waals surface area contributed by atoms with E-state index in [2.05, 4.69) is 65.1 Å². The number of alkyl halides is 1. The molecule has 2 aromatic rings. The van der Waals surface area contributed by atoms with Crippen LogP contribution in [0.1, 0.15) is 58.2 Å². The third-order valence-electron chi connectivity index (χ3n) is 6.24. The van der Waals surface area contributed by atoms with Crippen LogP contribution in [0.2, 0.25) is 5.02 Å². The summed E-state index contributed by atoms with van der Waals surface area (Å²) in [7, 11) is 0. The molecule has 0 heterocycles. The van der Waals surface area contributed by atoms with Crippen LogP contribution in [0.3, 0.4) is 0 Å². The molecule has 0 nitrogen and oxygen atoms in total. The van der Waals surface area contributed by atoms with Crippen LogP contribution in [0.25, 0.3) is 11.1 Å². The Morgan fingerprint density at radius 2 is 1.52 bits per heavy atom. The van der Waals surface area contributed by atoms with Crippen LogP contribution in [-0.4, -0.2) is 11.9 Å². The predicted octanol–water partition coefficient (Wildman–Crippen LogP) is 8.40. The van der Waals surface area contributed by atoms with Crippen molar-refractivity contribution in [2.24, 2.45) is 5.41 Å². The highest BCUT2D eigenvalue weighted by molar-refractivity contribution is 7.98. The first-order valence-corrected chi connectivity index (χ1v) is 11.0. The lowest BCUT2D eigenvalue weighted by molar-refractivity contribution is 0.0178. The fourth-order valence-electron chi connectivity index (χ4n) is 4.16. The average Bonchev–Trinajstić information content (AvgIpc) is 2.51. The summed E-state index contributed by atoms with van der Waals surface area (Å²) in [5.74, 6) is 0. The summed E-state index contributed by atoms with van der Waals surface area (Å²) in [5, 5.41) is 0.686. The number of thioether (sulfide) groups is 1. The maximum Gasteiger partial charge on any atom is 0.115 e. The molecular formula is C24H32ClFS. The van der Waals surface area contributed by atoms with Crippen LogP contribution < -0.4 is 0 Å². The van der Waals surface area contributed by atoms with Crippen LogP contribution >= 0.6 is 23.4 Å². The first kappa shape index (κ1) is 22.3. The quantitative estimate of drug-likeness (QED) is 0.459. The zero-order valence-corrected chi connectivity index (χ0v) is 19.6. The maximum absolute atomic E-state index is 15.4. The van der Waals surface area contributed by atoms with E-state index >= 15 is 4.39 Å². The highest BCUT2D eigenvalue weighted by Gasteiger charge is 2.51. The van der Waals surface area contributed by atoms with Crippen LogP contribution in [0, 0.1) is 19.3 Å². The van der Waals surface area contributed by atoms with Gasteiger partial charge in [-0.25, -0.2) is 4.39 Å². The van der Waals surface area contributed by atoms with Crippen molar-refractivity contribution >= 4 is 23.4 Å². The Bertz CT molecular complexity index is 803. The number of rotatable bonds is 4. The third-order valence-corrected chi connectivity index (χ3v) is 7.49. The number of benzene rings is 2. The highest BCUT2D eigenvalue weighted by atomic mass is 35.5. The Morgan fingerprint density at radius 3 is 1.96 bits per heavy atom. The highest BCUT2D eigenvalue weighted by Crippen LogP contribution is 2.52. The molecule has 2 aromatic carbocycles. The molecule has 0 aliphatic rings. The molecule has 0 amide bonds. The van der Waals surface area contributed by atoms with Gasteiger partial charge in [0.2, 0.25) is 0 Å². The fourth-order valence-corrected chi connectivity index (χ4v) is 5.31. The van der Waals surface area contributed by atoms with Gasteiger partial charge >= 0.3 is 0 Å². The molecule has 0 aliphatic carbocycles. The molecular weight excluding hydrogens is 375 g/mol. The van der Waals surface area contributed by atoms with Gasteiger partial charge in [0.05, 0.1) is 0 Å². The van der Waals surface area contributed by atoms with E-state index in [1.165, 1.54) is 10.5 Å². The molecule has 1 unspecified atom stereocenters. The molecule has 1 atom stereocenters. The molecule has 0 radical (unpaired) electrons. The van der Waals surface area contributed by atoms with Crippen molar-refractivity contribution in [3.63, 3.8) is 0 Å². The van der Waals surface area contributed by atoms with Crippen molar-refractivity contribution in [2.45, 2.75) is 71.4 Å². The van der Waals surface area contributed by atoms with Gasteiger partial charge in [0, 0.05) is 20.9 Å². The topological polar surface area (TPSA) is 0 Å². The minimum absolute atomic E-state index is 0.268. The lowest BCUT2D eigenvalue weighted by Crippen LogP contribution is -2.51. The SMILES string of the molecule is CSc1c(C)cccc1-c1c(C)cc(C(C)(C(C)(C)C)C(C)(C)F)cc1Cl. The lowest BCUT2D eigenvalue weighted by atomic mass is 9.57. The van der Waals surface area contributed by atoms with Gasteiger partial charge in [-0.3, -0.25) is 0 Å². The third kappa shape index (κ3) is 3.80. The Kier molecular flexibility index (Phi) is 6.15. The summed E-state index contributed by atoms with van der Waals surface area (Å²) >= 11 is 8.56. The van der Waals surface area contributed by atoms with E-state index < -0.39 is 11.1 Å². The van der Waals surface area contributed by atoms with Gasteiger partial charge < -0.3 is 0 Å². The van der Waals surface area contributed by atoms with Gasteiger partial charge in [0.15, 0.2) is 0 Å². The van der Waals surface area contributed by atoms with Gasteiger partial charge in [-0.2, -0.15) is 0 Å². The molecule has 0 spiro atoms. The van der Waals surface area contributed by atoms with Crippen molar-refractivity contribution in [3.05, 3.63) is 52.0 Å². The number of aryl methyl sites for hydroxylation is 2. The van der Waals surface area contributed by atoms with Crippen molar-refractivity contribution in [1.82, 2.24) is 0 Å². The zero-order chi connectivity index (χ0) is 20.8. The van der Waals surface area contributed by atoms with E-state index in [9.17, 15) is 0 Å². The Hall–Kier alpha value is -0.990. The zero-order valence-electron chi connectivity index (χ0n) is 18.1. The normalized spacial score (nSPS) is 14.9. The number of halogens is 2. The average molecular weight is 407 g/mol. The minimum Gasteiger partial charge on any atom is -0.244 e. The van der Waals surface area contributed by atoms with Crippen LogP contribution in [0.15, 0.2) is 35.2 Å². The second-order valence-corrected chi connectivity index (χ2v) is 10.4. The summed E-state index contributed by atoms with van der Waals surface area (Å²) in [4.78, 5) is 1.24. The number of hydrogen-bond acceptors (Lipinski definition) is 1. The molecule has 0 aliphatic heterocycles. The molecule has 0 N–H and O–H groups in total. The van der Waals surface area contributed by atoms with Crippen molar-refractivity contribution in [2.75, 3.05) is 6.26 Å². The Labute approximate surface area is 173 Å². The molecule has 0 bridgehead atoms. The molecule has 0 fully saturated rings. The fraction of sp³-hybridized carbons (Fsp3) is 0.500. The summed E-state index contributed by atoms with van der Waals surface area (Å²) in [6, 6.07) is 10.4. The molecule has 3 heteroatoms. The standard InChI is InChI=1S/C24H32ClFS/c1-15-11-10-12-18(21(15)27-9)20-16(2)13-17(14-19(20)25)24(8,22(3,4)5)23(6,7)26/h10-14H,1-9H3. The van der Waals surface area contributed by atoms with Crippen molar-refractivity contribution < 1.29 is 4.39 Å². The van der Waals surface area contributed by atoms with E-state index in [-0.39, 0.29) is 5.41 Å². The molecule has 0 saturated carbocycles. The van der Waals surface area contributed by atoms with Gasteiger partial charge in [-0.1, -0.05) is 63.6 Å². The molecule has 0 aromatic heterocycles. The second-order valence-electron chi connectivity index (χ2n) is 9.15. The van der Waals surface area contributed by atoms with E-state index in [0.29, 0.717) is 5.02 Å². The van der Waals surface area contributed by atoms with Crippen LogP contribution in [0.4, 0.5) is 4.39 Å². The van der Waals surface area contributed by atoms with E-state index in [1.807, 2.05) is 13.0 Å². The molecule has 0 saturated heterocycles. The monoisotopic (exact) mass is 406 g/mol. The van der Waals surface area contributed by atoms with Gasteiger partial charge in [-0.05, 0) is 67.7 Å². The molecule has 2 rings (SSSR count). The summed E-state index contributed by atoms with van der Waals surface area (Å²) in [6.45, 7) is 15.8. The summed E-state index contributed by atoms with van der Waals surface area (Å²) < 4.78 is 15.4. The largest absolute Gasteiger partial charge is 0.244 e. The van der Waals surface area contributed by atoms with Gasteiger partial charge in [0.25, 0.3) is 0 Å². The molecule has 148 valence electrons. The van der Waals surface area contributed by atoms with Crippen LogP contribution in [0.5, 0.6) is 0 Å². The first-order chi connectivity index (χ1) is 12.3. The van der Waals surface area contributed by atoms with Crippen LogP contribution in [-0.2, 0) is 5.41 Å². The van der Waals surface area contributed by atoms with Crippen molar-refractivity contribution in [3.8, 4) is 11.1 Å². The van der Waals surface area contributed by atoms with Gasteiger partial charge in [-0.15, -0.1) is 11.8 Å². The van der Waals surface area contributed by atoms with Crippen molar-refractivity contribution in [1.29, 1.82) is 0 Å². The second kappa shape index (κ2) is 7.44. The minimum atomic E-state index is -1.39. The van der Waals surface area contributed by atoms with E-state index in [1.54, 1.807) is 25.6 Å². The Balaban J connectivity index is 2.77. The smallest absolute Gasteiger partial charge is 0.115 e. The maximum atomic E-state index is 15.4. The lowest BCUT2D eigenvalue weighted by Gasteiger charge is -2.49. The Morgan fingerprint density at radius 1 is 0.926 bits per heavy atom. The molecule has 27 heavy (non-hydrogen) atoms.